The van der Waals surface area contributed by atoms with Crippen LogP contribution in [0, 0.1) is 13.8 Å². The highest BCUT2D eigenvalue weighted by molar-refractivity contribution is 8.00. The van der Waals surface area contributed by atoms with Gasteiger partial charge in [0.1, 0.15) is 18.1 Å². The minimum atomic E-state index is -0.905. The van der Waals surface area contributed by atoms with Gasteiger partial charge in [-0.15, -0.1) is 10.2 Å². The quantitative estimate of drug-likeness (QED) is 0.0615. The number of aryl methyl sites for hydroxylation is 2. The number of anilines is 1. The van der Waals surface area contributed by atoms with E-state index in [0.29, 0.717) is 33.6 Å². The first kappa shape index (κ1) is 29.3. The highest BCUT2D eigenvalue weighted by atomic mass is 32.2. The molecule has 1 saturated heterocycles. The Labute approximate surface area is 263 Å². The van der Waals surface area contributed by atoms with E-state index in [-0.39, 0.29) is 16.5 Å². The van der Waals surface area contributed by atoms with Crippen molar-refractivity contribution in [3.05, 3.63) is 136 Å². The van der Waals surface area contributed by atoms with Crippen molar-refractivity contribution in [2.24, 2.45) is 0 Å². The molecule has 6 rings (SSSR count). The number of thioether (sulfide) groups is 1. The second-order valence-electron chi connectivity index (χ2n) is 10.3. The van der Waals surface area contributed by atoms with Gasteiger partial charge in [-0.3, -0.25) is 19.5 Å². The molecule has 0 spiro atoms. The molecule has 1 fully saturated rings. The Bertz CT molecular complexity index is 1840. The summed E-state index contributed by atoms with van der Waals surface area (Å²) < 4.78 is 6.61. The average molecular weight is 621 g/mol. The molecule has 5 aromatic rings. The van der Waals surface area contributed by atoms with Crippen molar-refractivity contribution in [3.63, 3.8) is 0 Å². The predicted molar refractivity (Wildman–Crippen MR) is 172 cm³/mol. The number of rotatable bonds is 9. The van der Waals surface area contributed by atoms with Crippen molar-refractivity contribution in [1.82, 2.24) is 15.2 Å². The molecule has 1 aliphatic heterocycles. The van der Waals surface area contributed by atoms with Gasteiger partial charge in [0, 0.05) is 23.7 Å². The van der Waals surface area contributed by atoms with Crippen molar-refractivity contribution in [2.45, 2.75) is 36.6 Å². The molecule has 1 amide bonds. The van der Waals surface area contributed by atoms with Crippen molar-refractivity contribution in [3.8, 4) is 5.75 Å². The van der Waals surface area contributed by atoms with Crippen LogP contribution < -0.4 is 9.64 Å². The lowest BCUT2D eigenvalue weighted by Crippen LogP contribution is -2.29. The van der Waals surface area contributed by atoms with Crippen molar-refractivity contribution in [1.29, 1.82) is 0 Å². The van der Waals surface area contributed by atoms with Gasteiger partial charge in [-0.1, -0.05) is 77.2 Å². The topological polar surface area (TPSA) is 106 Å². The standard InChI is InChI=1S/C34H28N4O4S2/c1-21-7-9-23(10-8-21)20-43-34-37-36-33(44-34)38-29(24-15-17-35-18-16-24)28(31(40)32(38)41)30(39)25-11-13-27(14-12-25)42-19-26-6-4-3-5-22(26)2/h3-18,29,39H,19-20H2,1-2H3. The summed E-state index contributed by atoms with van der Waals surface area (Å²) in [5, 5.41) is 20.3. The molecule has 8 nitrogen and oxygen atoms in total. The number of hydrogen-bond donors (Lipinski definition) is 1. The molecular formula is C34H28N4O4S2. The van der Waals surface area contributed by atoms with Crippen LogP contribution in [0.5, 0.6) is 5.75 Å². The van der Waals surface area contributed by atoms with Crippen molar-refractivity contribution < 1.29 is 19.4 Å². The average Bonchev–Trinajstić information content (AvgIpc) is 3.62. The molecule has 2 aromatic heterocycles. The van der Waals surface area contributed by atoms with Gasteiger partial charge in [-0.05, 0) is 72.5 Å². The highest BCUT2D eigenvalue weighted by Crippen LogP contribution is 2.44. The predicted octanol–water partition coefficient (Wildman–Crippen LogP) is 7.05. The smallest absolute Gasteiger partial charge is 0.301 e. The molecule has 1 atom stereocenters. The van der Waals surface area contributed by atoms with E-state index >= 15 is 0 Å². The maximum Gasteiger partial charge on any atom is 0.301 e. The lowest BCUT2D eigenvalue weighted by atomic mass is 9.96. The Balaban J connectivity index is 1.28. The van der Waals surface area contributed by atoms with Gasteiger partial charge in [0.25, 0.3) is 5.78 Å². The fraction of sp³-hybridized carbons (Fsp3) is 0.147. The lowest BCUT2D eigenvalue weighted by Gasteiger charge is -2.22. The summed E-state index contributed by atoms with van der Waals surface area (Å²) in [6.45, 7) is 4.47. The van der Waals surface area contributed by atoms with Gasteiger partial charge in [0.2, 0.25) is 5.13 Å². The first-order valence-electron chi connectivity index (χ1n) is 13.9. The van der Waals surface area contributed by atoms with E-state index in [1.165, 1.54) is 33.6 Å². The summed E-state index contributed by atoms with van der Waals surface area (Å²) >= 11 is 2.74. The van der Waals surface area contributed by atoms with Crippen LogP contribution in [0.2, 0.25) is 0 Å². The van der Waals surface area contributed by atoms with Gasteiger partial charge in [0.05, 0.1) is 11.6 Å². The van der Waals surface area contributed by atoms with Gasteiger partial charge >= 0.3 is 5.91 Å². The zero-order valence-corrected chi connectivity index (χ0v) is 25.6. The molecule has 3 aromatic carbocycles. The van der Waals surface area contributed by atoms with Crippen LogP contribution in [0.1, 0.15) is 39.4 Å². The fourth-order valence-electron chi connectivity index (χ4n) is 4.88. The van der Waals surface area contributed by atoms with Crippen LogP contribution in [-0.2, 0) is 21.9 Å². The number of ketones is 1. The number of aliphatic hydroxyl groups is 1. The Hall–Kier alpha value is -4.80. The summed E-state index contributed by atoms with van der Waals surface area (Å²) in [4.78, 5) is 32.4. The highest BCUT2D eigenvalue weighted by Gasteiger charge is 2.48. The van der Waals surface area contributed by atoms with Crippen molar-refractivity contribution >= 4 is 45.7 Å². The zero-order chi connectivity index (χ0) is 30.6. The second kappa shape index (κ2) is 12.8. The number of hydrogen-bond acceptors (Lipinski definition) is 9. The number of benzene rings is 3. The minimum Gasteiger partial charge on any atom is -0.507 e. The third-order valence-electron chi connectivity index (χ3n) is 7.33. The van der Waals surface area contributed by atoms with Gasteiger partial charge in [-0.25, -0.2) is 0 Å². The molecule has 220 valence electrons. The minimum absolute atomic E-state index is 0.0289. The first-order valence-corrected chi connectivity index (χ1v) is 15.7. The van der Waals surface area contributed by atoms with E-state index < -0.39 is 17.7 Å². The number of ether oxygens (including phenoxy) is 1. The summed E-state index contributed by atoms with van der Waals surface area (Å²) in [6, 6.07) is 25.6. The second-order valence-corrected chi connectivity index (χ2v) is 12.5. The maximum atomic E-state index is 13.5. The molecule has 0 radical (unpaired) electrons. The molecule has 1 unspecified atom stereocenters. The first-order chi connectivity index (χ1) is 21.4. The van der Waals surface area contributed by atoms with E-state index in [1.54, 1.807) is 48.8 Å². The molecule has 0 aliphatic carbocycles. The summed E-state index contributed by atoms with van der Waals surface area (Å²) in [6.07, 6.45) is 3.16. The Kier molecular flexibility index (Phi) is 8.53. The van der Waals surface area contributed by atoms with Crippen LogP contribution >= 0.6 is 23.1 Å². The molecular weight excluding hydrogens is 593 g/mol. The molecule has 1 N–H and O–H groups in total. The van der Waals surface area contributed by atoms with Crippen LogP contribution in [0.4, 0.5) is 5.13 Å². The Morgan fingerprint density at radius 3 is 2.39 bits per heavy atom. The zero-order valence-electron chi connectivity index (χ0n) is 24.0. The van der Waals surface area contributed by atoms with Crippen LogP contribution in [0.3, 0.4) is 0 Å². The van der Waals surface area contributed by atoms with Crippen molar-refractivity contribution in [2.75, 3.05) is 4.90 Å². The van der Waals surface area contributed by atoms with E-state index in [9.17, 15) is 14.7 Å². The maximum absolute atomic E-state index is 13.5. The molecule has 0 bridgehead atoms. The molecule has 3 heterocycles. The molecule has 44 heavy (non-hydrogen) atoms. The Morgan fingerprint density at radius 2 is 1.66 bits per heavy atom. The number of nitrogens with zero attached hydrogens (tertiary/aromatic N) is 4. The molecule has 10 heteroatoms. The van der Waals surface area contributed by atoms with E-state index in [0.717, 1.165) is 16.7 Å². The number of aliphatic hydroxyl groups excluding tert-OH is 1. The number of carbonyl (C=O) groups excluding carboxylic acids is 2. The Morgan fingerprint density at radius 1 is 0.932 bits per heavy atom. The largest absolute Gasteiger partial charge is 0.507 e. The number of Topliss-reactive ketones (excluding diaryl/α,β-unsaturated/α-hetero) is 1. The molecule has 1 aliphatic rings. The van der Waals surface area contributed by atoms with Crippen LogP contribution in [0.25, 0.3) is 5.76 Å². The van der Waals surface area contributed by atoms with E-state index in [2.05, 4.69) is 39.4 Å². The number of amides is 1. The monoisotopic (exact) mass is 620 g/mol. The summed E-state index contributed by atoms with van der Waals surface area (Å²) in [5.74, 6) is -0.560. The van der Waals surface area contributed by atoms with E-state index in [4.69, 9.17) is 4.74 Å². The third kappa shape index (κ3) is 6.13. The van der Waals surface area contributed by atoms with Gasteiger partial charge < -0.3 is 9.84 Å². The number of pyridine rings is 1. The van der Waals surface area contributed by atoms with Gasteiger partial charge in [0.15, 0.2) is 4.34 Å². The molecule has 0 saturated carbocycles. The summed E-state index contributed by atoms with van der Waals surface area (Å²) in [5.41, 5.74) is 5.51. The van der Waals surface area contributed by atoms with E-state index in [1.807, 2.05) is 38.1 Å². The van der Waals surface area contributed by atoms with Crippen LogP contribution in [0.15, 0.2) is 107 Å². The van der Waals surface area contributed by atoms with Crippen LogP contribution in [-0.4, -0.2) is 32.0 Å². The lowest BCUT2D eigenvalue weighted by molar-refractivity contribution is -0.132. The third-order valence-corrected chi connectivity index (χ3v) is 9.46. The SMILES string of the molecule is Cc1ccc(CSc2nnc(N3C(=O)C(=O)C(=C(O)c4ccc(OCc5ccccc5C)cc4)C3c3ccncc3)s2)cc1. The summed E-state index contributed by atoms with van der Waals surface area (Å²) in [7, 11) is 0. The fourth-order valence-corrected chi connectivity index (χ4v) is 6.70. The normalized spacial score (nSPS) is 16.0. The number of carbonyl (C=O) groups is 2. The number of aromatic nitrogens is 3. The van der Waals surface area contributed by atoms with Gasteiger partial charge in [-0.2, -0.15) is 0 Å².